The summed E-state index contributed by atoms with van der Waals surface area (Å²) in [4.78, 5) is 20.3. The Morgan fingerprint density at radius 3 is 2.65 bits per heavy atom. The van der Waals surface area contributed by atoms with Gasteiger partial charge in [0.15, 0.2) is 0 Å². The number of para-hydroxylation sites is 1. The van der Waals surface area contributed by atoms with Crippen LogP contribution in [0.25, 0.3) is 10.9 Å². The molecular formula is C26H28N2O3. The van der Waals surface area contributed by atoms with Crippen LogP contribution in [-0.2, 0) is 5.60 Å². The third-order valence-corrected chi connectivity index (χ3v) is 7.13. The minimum Gasteiger partial charge on any atom is -0.496 e. The standard InChI is InChI=1S/C26H28N2O3/c1-31-24-17-22(27-21-13-7-5-11-19(21)24)25(29)28-16-15-26(30,18-9-3-2-4-10-18)20-12-6-8-14-23(20)28/h2-5,7,9-11,13,17,20,23,30H,6,8,12,14-16H2,1H3/t20-,23+,26?/m0/s1. The van der Waals surface area contributed by atoms with Crippen molar-refractivity contribution in [2.45, 2.75) is 43.7 Å². The summed E-state index contributed by atoms with van der Waals surface area (Å²) in [6, 6.07) is 19.4. The van der Waals surface area contributed by atoms with Gasteiger partial charge in [-0.3, -0.25) is 4.79 Å². The minimum absolute atomic E-state index is 0.0134. The summed E-state index contributed by atoms with van der Waals surface area (Å²) in [6.45, 7) is 0.516. The third kappa shape index (κ3) is 3.37. The van der Waals surface area contributed by atoms with E-state index < -0.39 is 5.60 Å². The summed E-state index contributed by atoms with van der Waals surface area (Å²) < 4.78 is 5.55. The minimum atomic E-state index is -0.891. The van der Waals surface area contributed by atoms with Crippen LogP contribution in [0.4, 0.5) is 0 Å². The molecule has 2 fully saturated rings. The van der Waals surface area contributed by atoms with Gasteiger partial charge in [0.1, 0.15) is 11.4 Å². The van der Waals surface area contributed by atoms with Crippen LogP contribution in [-0.4, -0.2) is 40.6 Å². The fraction of sp³-hybridized carbons (Fsp3) is 0.385. The monoisotopic (exact) mass is 416 g/mol. The van der Waals surface area contributed by atoms with Gasteiger partial charge in [-0.1, -0.05) is 55.3 Å². The number of benzene rings is 2. The molecule has 5 rings (SSSR count). The van der Waals surface area contributed by atoms with E-state index in [1.165, 1.54) is 0 Å². The summed E-state index contributed by atoms with van der Waals surface area (Å²) in [5.74, 6) is 0.617. The summed E-state index contributed by atoms with van der Waals surface area (Å²) in [7, 11) is 1.62. The Morgan fingerprint density at radius 2 is 1.84 bits per heavy atom. The molecule has 1 aliphatic heterocycles. The van der Waals surface area contributed by atoms with Crippen molar-refractivity contribution in [3.05, 3.63) is 71.9 Å². The maximum absolute atomic E-state index is 13.6. The molecule has 2 aliphatic rings. The maximum Gasteiger partial charge on any atom is 0.272 e. The highest BCUT2D eigenvalue weighted by molar-refractivity contribution is 5.97. The molecule has 1 saturated heterocycles. The molecule has 31 heavy (non-hydrogen) atoms. The average Bonchev–Trinajstić information content (AvgIpc) is 2.84. The number of ether oxygens (including phenoxy) is 1. The molecule has 0 bridgehead atoms. The lowest BCUT2D eigenvalue weighted by atomic mass is 9.66. The van der Waals surface area contributed by atoms with E-state index in [0.717, 1.165) is 42.1 Å². The summed E-state index contributed by atoms with van der Waals surface area (Å²) in [5.41, 5.74) is 1.23. The molecule has 1 amide bonds. The van der Waals surface area contributed by atoms with Gasteiger partial charge in [-0.05, 0) is 37.0 Å². The Bertz CT molecular complexity index is 1100. The smallest absolute Gasteiger partial charge is 0.272 e. The number of carbonyl (C=O) groups is 1. The highest BCUT2D eigenvalue weighted by Gasteiger charge is 2.50. The van der Waals surface area contributed by atoms with Crippen molar-refractivity contribution < 1.29 is 14.6 Å². The largest absolute Gasteiger partial charge is 0.496 e. The zero-order chi connectivity index (χ0) is 21.4. The number of carbonyl (C=O) groups excluding carboxylic acids is 1. The number of hydrogen-bond acceptors (Lipinski definition) is 4. The van der Waals surface area contributed by atoms with E-state index in [-0.39, 0.29) is 17.9 Å². The van der Waals surface area contributed by atoms with E-state index >= 15 is 0 Å². The van der Waals surface area contributed by atoms with E-state index in [1.54, 1.807) is 13.2 Å². The van der Waals surface area contributed by atoms with Crippen molar-refractivity contribution in [2.75, 3.05) is 13.7 Å². The lowest BCUT2D eigenvalue weighted by molar-refractivity contribution is -0.110. The van der Waals surface area contributed by atoms with Crippen LogP contribution in [0, 0.1) is 5.92 Å². The first-order chi connectivity index (χ1) is 15.1. The van der Waals surface area contributed by atoms with Gasteiger partial charge in [0, 0.05) is 30.0 Å². The molecule has 2 aromatic carbocycles. The van der Waals surface area contributed by atoms with Gasteiger partial charge in [-0.2, -0.15) is 0 Å². The van der Waals surface area contributed by atoms with Gasteiger partial charge in [0.05, 0.1) is 18.2 Å². The van der Waals surface area contributed by atoms with Gasteiger partial charge in [0.25, 0.3) is 5.91 Å². The average molecular weight is 417 g/mol. The molecule has 1 unspecified atom stereocenters. The van der Waals surface area contributed by atoms with Crippen molar-refractivity contribution in [1.29, 1.82) is 0 Å². The molecule has 5 heteroatoms. The second kappa shape index (κ2) is 7.97. The van der Waals surface area contributed by atoms with Crippen molar-refractivity contribution >= 4 is 16.8 Å². The normalized spacial score (nSPS) is 25.8. The second-order valence-corrected chi connectivity index (χ2v) is 8.72. The van der Waals surface area contributed by atoms with E-state index in [9.17, 15) is 9.90 Å². The zero-order valence-corrected chi connectivity index (χ0v) is 17.8. The number of rotatable bonds is 3. The van der Waals surface area contributed by atoms with Gasteiger partial charge in [0.2, 0.25) is 0 Å². The van der Waals surface area contributed by atoms with Gasteiger partial charge in [-0.15, -0.1) is 0 Å². The first-order valence-electron chi connectivity index (χ1n) is 11.1. The van der Waals surface area contributed by atoms with Crippen LogP contribution in [0.1, 0.15) is 48.2 Å². The van der Waals surface area contributed by atoms with Crippen LogP contribution in [0.2, 0.25) is 0 Å². The number of pyridine rings is 1. The molecule has 0 spiro atoms. The highest BCUT2D eigenvalue weighted by atomic mass is 16.5. The molecule has 1 N–H and O–H groups in total. The first-order valence-corrected chi connectivity index (χ1v) is 11.1. The Labute approximate surface area is 182 Å². The van der Waals surface area contributed by atoms with E-state index in [2.05, 4.69) is 4.98 Å². The number of aromatic nitrogens is 1. The molecule has 1 aliphatic carbocycles. The summed E-state index contributed by atoms with van der Waals surface area (Å²) in [5, 5.41) is 12.7. The number of amides is 1. The number of hydrogen-bond donors (Lipinski definition) is 1. The number of piperidine rings is 1. The fourth-order valence-corrected chi connectivity index (χ4v) is 5.59. The quantitative estimate of drug-likeness (QED) is 0.681. The molecule has 0 radical (unpaired) electrons. The number of aliphatic hydroxyl groups is 1. The second-order valence-electron chi connectivity index (χ2n) is 8.72. The highest BCUT2D eigenvalue weighted by Crippen LogP contribution is 2.47. The van der Waals surface area contributed by atoms with Crippen LogP contribution in [0.15, 0.2) is 60.7 Å². The number of methoxy groups -OCH3 is 1. The molecule has 2 heterocycles. The lowest BCUT2D eigenvalue weighted by Gasteiger charge is -2.52. The Morgan fingerprint density at radius 1 is 1.10 bits per heavy atom. The van der Waals surface area contributed by atoms with E-state index in [0.29, 0.717) is 24.4 Å². The topological polar surface area (TPSA) is 62.7 Å². The van der Waals surface area contributed by atoms with Crippen molar-refractivity contribution in [2.24, 2.45) is 5.92 Å². The summed E-state index contributed by atoms with van der Waals surface area (Å²) >= 11 is 0. The van der Waals surface area contributed by atoms with Crippen LogP contribution < -0.4 is 4.74 Å². The predicted molar refractivity (Wildman–Crippen MR) is 120 cm³/mol. The SMILES string of the molecule is COc1cc(C(=O)N2CCC(O)(c3ccccc3)[C@H]3CCCC[C@H]32)nc2ccccc12. The molecule has 1 saturated carbocycles. The van der Waals surface area contributed by atoms with Crippen LogP contribution in [0.3, 0.4) is 0 Å². The fourth-order valence-electron chi connectivity index (χ4n) is 5.59. The predicted octanol–water partition coefficient (Wildman–Crippen LogP) is 4.54. The number of likely N-dealkylation sites (tertiary alicyclic amines) is 1. The molecule has 160 valence electrons. The number of fused-ring (bicyclic) bond motifs is 2. The van der Waals surface area contributed by atoms with Gasteiger partial charge < -0.3 is 14.7 Å². The Balaban J connectivity index is 1.50. The third-order valence-electron chi connectivity index (χ3n) is 7.13. The van der Waals surface area contributed by atoms with Gasteiger partial charge >= 0.3 is 0 Å². The van der Waals surface area contributed by atoms with E-state index in [1.807, 2.05) is 59.5 Å². The molecular weight excluding hydrogens is 388 g/mol. The van der Waals surface area contributed by atoms with E-state index in [4.69, 9.17) is 4.74 Å². The zero-order valence-electron chi connectivity index (χ0n) is 17.8. The number of nitrogens with zero attached hydrogens (tertiary/aromatic N) is 2. The van der Waals surface area contributed by atoms with Crippen molar-refractivity contribution in [3.63, 3.8) is 0 Å². The summed E-state index contributed by atoms with van der Waals surface area (Å²) in [6.07, 6.45) is 4.53. The molecule has 5 nitrogen and oxygen atoms in total. The molecule has 3 atom stereocenters. The maximum atomic E-state index is 13.6. The van der Waals surface area contributed by atoms with Gasteiger partial charge in [-0.25, -0.2) is 4.98 Å². The molecule has 1 aromatic heterocycles. The van der Waals surface area contributed by atoms with Crippen molar-refractivity contribution in [1.82, 2.24) is 9.88 Å². The van der Waals surface area contributed by atoms with Crippen LogP contribution >= 0.6 is 0 Å². The Kier molecular flexibility index (Phi) is 5.14. The first kappa shape index (κ1) is 20.0. The molecule has 3 aromatic rings. The van der Waals surface area contributed by atoms with Crippen molar-refractivity contribution in [3.8, 4) is 5.75 Å². The lowest BCUT2D eigenvalue weighted by Crippen LogP contribution is -2.59. The Hall–Kier alpha value is -2.92. The van der Waals surface area contributed by atoms with Crippen LogP contribution in [0.5, 0.6) is 5.75 Å².